The molecule has 0 saturated carbocycles. The van der Waals surface area contributed by atoms with Gasteiger partial charge in [-0.15, -0.1) is 0 Å². The molecule has 3 aromatic rings. The Labute approximate surface area is 194 Å². The van der Waals surface area contributed by atoms with E-state index in [1.807, 2.05) is 35.0 Å². The van der Waals surface area contributed by atoms with Gasteiger partial charge in [0, 0.05) is 0 Å². The number of methoxy groups -OCH3 is 1. The van der Waals surface area contributed by atoms with E-state index in [0.717, 1.165) is 15.6 Å². The number of carbonyl (C=O) groups is 1. The first kappa shape index (κ1) is 21.7. The molecule has 1 aromatic carbocycles. The van der Waals surface area contributed by atoms with Crippen LogP contribution < -0.4 is 19.6 Å². The van der Waals surface area contributed by atoms with E-state index in [4.69, 9.17) is 9.47 Å². The first-order chi connectivity index (χ1) is 14.9. The van der Waals surface area contributed by atoms with Crippen LogP contribution >= 0.6 is 38.6 Å². The van der Waals surface area contributed by atoms with Gasteiger partial charge in [0.1, 0.15) is 5.75 Å². The molecular formula is C22H19BrN2O4S2. The molecule has 0 aliphatic carbocycles. The summed E-state index contributed by atoms with van der Waals surface area (Å²) in [6.07, 6.45) is 1.85. The average Bonchev–Trinajstić information content (AvgIpc) is 3.35. The van der Waals surface area contributed by atoms with Crippen molar-refractivity contribution in [3.05, 3.63) is 81.6 Å². The number of halogens is 1. The van der Waals surface area contributed by atoms with Gasteiger partial charge >= 0.3 is 5.97 Å². The monoisotopic (exact) mass is 518 g/mol. The van der Waals surface area contributed by atoms with Gasteiger partial charge in [-0.3, -0.25) is 9.36 Å². The third-order valence-electron chi connectivity index (χ3n) is 4.85. The number of thiophene rings is 1. The largest absolute Gasteiger partial charge is 0.496 e. The fourth-order valence-corrected chi connectivity index (χ4v) is 5.69. The Balaban J connectivity index is 1.97. The lowest BCUT2D eigenvalue weighted by molar-refractivity contribution is -0.139. The van der Waals surface area contributed by atoms with Crippen LogP contribution in [0.15, 0.2) is 60.6 Å². The molecular weight excluding hydrogens is 500 g/mol. The van der Waals surface area contributed by atoms with Crippen molar-refractivity contribution in [3.8, 4) is 5.75 Å². The molecule has 1 aliphatic rings. The lowest BCUT2D eigenvalue weighted by Crippen LogP contribution is -2.39. The van der Waals surface area contributed by atoms with Gasteiger partial charge in [0.2, 0.25) is 0 Å². The van der Waals surface area contributed by atoms with Crippen molar-refractivity contribution in [3.63, 3.8) is 0 Å². The topological polar surface area (TPSA) is 69.9 Å². The summed E-state index contributed by atoms with van der Waals surface area (Å²) in [5.74, 6) is 0.180. The predicted octanol–water partition coefficient (Wildman–Crippen LogP) is 3.63. The Morgan fingerprint density at radius 1 is 1.35 bits per heavy atom. The second-order valence-corrected chi connectivity index (χ2v) is 9.40. The van der Waals surface area contributed by atoms with Crippen LogP contribution in [0, 0.1) is 0 Å². The van der Waals surface area contributed by atoms with Crippen LogP contribution in [0.2, 0.25) is 0 Å². The van der Waals surface area contributed by atoms with Gasteiger partial charge in [0.25, 0.3) is 5.56 Å². The molecule has 2 aromatic heterocycles. The summed E-state index contributed by atoms with van der Waals surface area (Å²) in [6, 6.07) is 6.82. The molecule has 1 aliphatic heterocycles. The Morgan fingerprint density at radius 3 is 2.81 bits per heavy atom. The molecule has 160 valence electrons. The number of nitrogens with zero attached hydrogens (tertiary/aromatic N) is 2. The fourth-order valence-electron chi connectivity index (χ4n) is 3.47. The molecule has 4 rings (SSSR count). The zero-order chi connectivity index (χ0) is 22.1. The van der Waals surface area contributed by atoms with E-state index in [-0.39, 0.29) is 12.2 Å². The summed E-state index contributed by atoms with van der Waals surface area (Å²) < 4.78 is 13.5. The van der Waals surface area contributed by atoms with Crippen LogP contribution in [0.5, 0.6) is 5.75 Å². The molecule has 0 N–H and O–H groups in total. The summed E-state index contributed by atoms with van der Waals surface area (Å²) in [5.41, 5.74) is 2.42. The molecule has 0 unspecified atom stereocenters. The van der Waals surface area contributed by atoms with E-state index in [2.05, 4.69) is 20.9 Å². The summed E-state index contributed by atoms with van der Waals surface area (Å²) in [6.45, 7) is 3.76. The number of hydrogen-bond donors (Lipinski definition) is 0. The van der Waals surface area contributed by atoms with Gasteiger partial charge in [-0.25, -0.2) is 9.79 Å². The normalized spacial score (nSPS) is 16.1. The third-order valence-corrected chi connectivity index (χ3v) is 7.15. The fraction of sp³-hybridized carbons (Fsp3) is 0.227. The maximum atomic E-state index is 13.4. The Morgan fingerprint density at radius 2 is 2.16 bits per heavy atom. The Hall–Kier alpha value is -2.49. The van der Waals surface area contributed by atoms with Crippen molar-refractivity contribution in [1.29, 1.82) is 0 Å². The van der Waals surface area contributed by atoms with Crippen LogP contribution in [0.4, 0.5) is 0 Å². The quantitative estimate of drug-likeness (QED) is 0.483. The number of carbonyl (C=O) groups excluding carboxylic acids is 1. The van der Waals surface area contributed by atoms with E-state index in [0.29, 0.717) is 26.4 Å². The van der Waals surface area contributed by atoms with Crippen LogP contribution in [0.25, 0.3) is 6.08 Å². The number of ether oxygens (including phenoxy) is 2. The van der Waals surface area contributed by atoms with E-state index in [1.165, 1.54) is 11.3 Å². The minimum atomic E-state index is -0.651. The first-order valence-electron chi connectivity index (χ1n) is 9.50. The van der Waals surface area contributed by atoms with Crippen molar-refractivity contribution in [2.24, 2.45) is 4.99 Å². The van der Waals surface area contributed by atoms with Gasteiger partial charge in [-0.1, -0.05) is 17.4 Å². The SMILES string of the molecule is CCOC(=O)C1=C(C)N=c2s/c(=C/c3ccsc3)c(=O)n2[C@H]1c1ccc(OC)c(Br)c1. The number of rotatable bonds is 5. The third kappa shape index (κ3) is 4.05. The van der Waals surface area contributed by atoms with Crippen LogP contribution in [-0.4, -0.2) is 24.3 Å². The number of benzene rings is 1. The molecule has 31 heavy (non-hydrogen) atoms. The van der Waals surface area contributed by atoms with Gasteiger partial charge in [-0.2, -0.15) is 11.3 Å². The summed E-state index contributed by atoms with van der Waals surface area (Å²) in [7, 11) is 1.58. The van der Waals surface area contributed by atoms with Gasteiger partial charge in [0.05, 0.1) is 40.0 Å². The van der Waals surface area contributed by atoms with Crippen molar-refractivity contribution < 1.29 is 14.3 Å². The van der Waals surface area contributed by atoms with E-state index in [1.54, 1.807) is 42.9 Å². The lowest BCUT2D eigenvalue weighted by atomic mass is 9.96. The molecule has 3 heterocycles. The van der Waals surface area contributed by atoms with E-state index in [9.17, 15) is 9.59 Å². The number of thiazole rings is 1. The molecule has 0 fully saturated rings. The summed E-state index contributed by atoms with van der Waals surface area (Å²) >= 11 is 6.39. The van der Waals surface area contributed by atoms with Crippen LogP contribution in [-0.2, 0) is 9.53 Å². The molecule has 0 amide bonds. The molecule has 0 spiro atoms. The second-order valence-electron chi connectivity index (χ2n) is 6.75. The number of hydrogen-bond acceptors (Lipinski definition) is 7. The predicted molar refractivity (Wildman–Crippen MR) is 125 cm³/mol. The Kier molecular flexibility index (Phi) is 6.27. The van der Waals surface area contributed by atoms with Gasteiger partial charge < -0.3 is 9.47 Å². The van der Waals surface area contributed by atoms with Crippen LogP contribution in [0.3, 0.4) is 0 Å². The highest BCUT2D eigenvalue weighted by molar-refractivity contribution is 9.10. The average molecular weight is 519 g/mol. The van der Waals surface area contributed by atoms with Crippen molar-refractivity contribution in [2.45, 2.75) is 19.9 Å². The number of aromatic nitrogens is 1. The van der Waals surface area contributed by atoms with E-state index < -0.39 is 12.0 Å². The minimum Gasteiger partial charge on any atom is -0.496 e. The van der Waals surface area contributed by atoms with Gasteiger partial charge in [-0.05, 0) is 75.9 Å². The van der Waals surface area contributed by atoms with Crippen molar-refractivity contribution in [2.75, 3.05) is 13.7 Å². The second kappa shape index (κ2) is 8.94. The maximum Gasteiger partial charge on any atom is 0.338 e. The highest BCUT2D eigenvalue weighted by Crippen LogP contribution is 2.34. The molecule has 1 atom stereocenters. The zero-order valence-electron chi connectivity index (χ0n) is 17.0. The minimum absolute atomic E-state index is 0.193. The number of allylic oxidation sites excluding steroid dienone is 1. The zero-order valence-corrected chi connectivity index (χ0v) is 20.3. The molecule has 0 bridgehead atoms. The molecule has 0 radical (unpaired) electrons. The van der Waals surface area contributed by atoms with Gasteiger partial charge in [0.15, 0.2) is 4.80 Å². The summed E-state index contributed by atoms with van der Waals surface area (Å²) in [5, 5.41) is 3.94. The summed E-state index contributed by atoms with van der Waals surface area (Å²) in [4.78, 5) is 31.5. The highest BCUT2D eigenvalue weighted by atomic mass is 79.9. The smallest absolute Gasteiger partial charge is 0.338 e. The lowest BCUT2D eigenvalue weighted by Gasteiger charge is -2.25. The maximum absolute atomic E-state index is 13.4. The molecule has 6 nitrogen and oxygen atoms in total. The van der Waals surface area contributed by atoms with Crippen LogP contribution in [0.1, 0.15) is 31.0 Å². The highest BCUT2D eigenvalue weighted by Gasteiger charge is 2.33. The number of esters is 1. The number of fused-ring (bicyclic) bond motifs is 1. The van der Waals surface area contributed by atoms with Crippen molar-refractivity contribution >= 4 is 50.6 Å². The molecule has 0 saturated heterocycles. The van der Waals surface area contributed by atoms with E-state index >= 15 is 0 Å². The first-order valence-corrected chi connectivity index (χ1v) is 12.0. The standard InChI is InChI=1S/C22H19BrN2O4S2/c1-4-29-21(27)18-12(2)24-22-25(19(18)14-5-6-16(28-3)15(23)10-14)20(26)17(31-22)9-13-7-8-30-11-13/h5-11,19H,4H2,1-3H3/b17-9+/t19-/m0/s1. The Bertz CT molecular complexity index is 1350. The molecule has 9 heteroatoms. The van der Waals surface area contributed by atoms with Crippen molar-refractivity contribution in [1.82, 2.24) is 4.57 Å².